The molecule has 2 aromatic rings. The Kier molecular flexibility index (Phi) is 4.70. The third-order valence-electron chi connectivity index (χ3n) is 5.40. The average Bonchev–Trinajstić information content (AvgIpc) is 2.79. The van der Waals surface area contributed by atoms with Gasteiger partial charge in [-0.15, -0.1) is 0 Å². The number of anilines is 1. The summed E-state index contributed by atoms with van der Waals surface area (Å²) in [7, 11) is 1.93. The first-order valence-corrected chi connectivity index (χ1v) is 9.10. The molecule has 2 N–H and O–H groups in total. The Labute approximate surface area is 155 Å². The predicted octanol–water partition coefficient (Wildman–Crippen LogP) is 4.50. The van der Waals surface area contributed by atoms with E-state index >= 15 is 0 Å². The van der Waals surface area contributed by atoms with E-state index < -0.39 is 5.97 Å². The molecule has 0 radical (unpaired) electrons. The number of allylic oxidation sites excluding steroid dienone is 1. The minimum atomic E-state index is -0.804. The zero-order valence-electron chi connectivity index (χ0n) is 16.1. The normalized spacial score (nSPS) is 15.6. The quantitative estimate of drug-likeness (QED) is 0.833. The lowest BCUT2D eigenvalue weighted by Crippen LogP contribution is -2.24. The average molecular weight is 352 g/mol. The van der Waals surface area contributed by atoms with E-state index in [-0.39, 0.29) is 12.0 Å². The second-order valence-electron chi connectivity index (χ2n) is 8.07. The van der Waals surface area contributed by atoms with Crippen LogP contribution in [0, 0.1) is 12.3 Å². The second-order valence-corrected chi connectivity index (χ2v) is 8.07. The van der Waals surface area contributed by atoms with E-state index in [1.54, 1.807) is 0 Å². The summed E-state index contributed by atoms with van der Waals surface area (Å²) in [6.45, 7) is 10.9. The number of nitrogens with zero attached hydrogens (tertiary/aromatic N) is 1. The summed E-state index contributed by atoms with van der Waals surface area (Å²) in [6.07, 6.45) is 2.59. The van der Waals surface area contributed by atoms with Crippen LogP contribution in [-0.2, 0) is 24.2 Å². The summed E-state index contributed by atoms with van der Waals surface area (Å²) >= 11 is 0. The maximum atomic E-state index is 11.5. The highest BCUT2D eigenvalue weighted by Crippen LogP contribution is 2.44. The first-order chi connectivity index (χ1) is 12.2. The van der Waals surface area contributed by atoms with Crippen molar-refractivity contribution < 1.29 is 9.90 Å². The molecular formula is C22H28N2O2. The van der Waals surface area contributed by atoms with Crippen LogP contribution in [0.1, 0.15) is 48.3 Å². The Morgan fingerprint density at radius 3 is 2.65 bits per heavy atom. The van der Waals surface area contributed by atoms with Gasteiger partial charge in [-0.3, -0.25) is 4.79 Å². The first-order valence-electron chi connectivity index (χ1n) is 9.10. The van der Waals surface area contributed by atoms with Gasteiger partial charge in [0.1, 0.15) is 6.54 Å². The summed E-state index contributed by atoms with van der Waals surface area (Å²) in [6, 6.07) is 8.27. The summed E-state index contributed by atoms with van der Waals surface area (Å²) in [5.74, 6) is -0.804. The van der Waals surface area contributed by atoms with Crippen molar-refractivity contribution in [3.05, 3.63) is 58.9 Å². The molecule has 4 heteroatoms. The van der Waals surface area contributed by atoms with Crippen LogP contribution in [0.15, 0.2) is 30.8 Å². The van der Waals surface area contributed by atoms with Gasteiger partial charge in [-0.25, -0.2) is 0 Å². The van der Waals surface area contributed by atoms with Crippen molar-refractivity contribution in [1.82, 2.24) is 4.57 Å². The molecule has 3 rings (SSSR count). The number of benzene rings is 1. The molecule has 0 saturated heterocycles. The van der Waals surface area contributed by atoms with Gasteiger partial charge in [0.2, 0.25) is 0 Å². The summed E-state index contributed by atoms with van der Waals surface area (Å²) in [4.78, 5) is 11.5. The van der Waals surface area contributed by atoms with E-state index in [1.165, 1.54) is 16.7 Å². The number of carboxylic acids is 1. The van der Waals surface area contributed by atoms with Crippen molar-refractivity contribution in [3.63, 3.8) is 0 Å². The number of aromatic nitrogens is 1. The van der Waals surface area contributed by atoms with Crippen molar-refractivity contribution in [1.29, 1.82) is 0 Å². The Morgan fingerprint density at radius 1 is 1.31 bits per heavy atom. The van der Waals surface area contributed by atoms with Crippen LogP contribution in [-0.4, -0.2) is 22.7 Å². The van der Waals surface area contributed by atoms with Gasteiger partial charge in [-0.2, -0.15) is 0 Å². The summed E-state index contributed by atoms with van der Waals surface area (Å²) < 4.78 is 1.99. The lowest BCUT2D eigenvalue weighted by atomic mass is 9.73. The zero-order valence-corrected chi connectivity index (χ0v) is 16.1. The van der Waals surface area contributed by atoms with Crippen LogP contribution in [0.25, 0.3) is 5.57 Å². The Balaban J connectivity index is 2.15. The Hall–Kier alpha value is -2.49. The molecule has 0 bridgehead atoms. The number of hydrogen-bond donors (Lipinski definition) is 2. The standard InChI is InChI=1S/C22H28N2O2/c1-14-11-22(3,4)12-19-21(14)17(15(2)24(19)13-20(25)26)10-16-8-6-7-9-18(16)23-5/h6-9,23H,1,10-13H2,2-5H3,(H,25,26). The van der Waals surface area contributed by atoms with Crippen LogP contribution >= 0.6 is 0 Å². The minimum absolute atomic E-state index is 0.00516. The molecule has 1 aliphatic carbocycles. The van der Waals surface area contributed by atoms with Crippen LogP contribution in [0.4, 0.5) is 5.69 Å². The lowest BCUT2D eigenvalue weighted by Gasteiger charge is -2.32. The second kappa shape index (κ2) is 6.67. The molecule has 0 aliphatic heterocycles. The van der Waals surface area contributed by atoms with Gasteiger partial charge in [0.25, 0.3) is 0 Å². The van der Waals surface area contributed by atoms with Gasteiger partial charge in [-0.05, 0) is 47.9 Å². The molecule has 0 saturated carbocycles. The molecule has 0 amide bonds. The SMILES string of the molecule is C=C1CC(C)(C)Cc2c1c(Cc1ccccc1NC)c(C)n2CC(=O)O. The smallest absolute Gasteiger partial charge is 0.323 e. The van der Waals surface area contributed by atoms with E-state index in [0.717, 1.165) is 41.9 Å². The van der Waals surface area contributed by atoms with Crippen LogP contribution < -0.4 is 5.32 Å². The topological polar surface area (TPSA) is 54.3 Å². The maximum absolute atomic E-state index is 11.5. The highest BCUT2D eigenvalue weighted by atomic mass is 16.4. The van der Waals surface area contributed by atoms with Gasteiger partial charge in [0.05, 0.1) is 0 Å². The Bertz CT molecular complexity index is 875. The predicted molar refractivity (Wildman–Crippen MR) is 107 cm³/mol. The molecule has 1 aromatic carbocycles. The van der Waals surface area contributed by atoms with Crippen molar-refractivity contribution >= 4 is 17.2 Å². The van der Waals surface area contributed by atoms with Gasteiger partial charge in [0.15, 0.2) is 0 Å². The molecule has 26 heavy (non-hydrogen) atoms. The number of aliphatic carboxylic acids is 1. The summed E-state index contributed by atoms with van der Waals surface area (Å²) in [5.41, 5.74) is 8.12. The lowest BCUT2D eigenvalue weighted by molar-refractivity contribution is -0.137. The highest BCUT2D eigenvalue weighted by Gasteiger charge is 2.34. The third-order valence-corrected chi connectivity index (χ3v) is 5.40. The molecule has 0 spiro atoms. The van der Waals surface area contributed by atoms with Crippen molar-refractivity contribution in [2.45, 2.75) is 46.6 Å². The minimum Gasteiger partial charge on any atom is -0.480 e. The highest BCUT2D eigenvalue weighted by molar-refractivity contribution is 5.75. The molecule has 1 aliphatic rings. The number of fused-ring (bicyclic) bond motifs is 1. The van der Waals surface area contributed by atoms with E-state index in [9.17, 15) is 9.90 Å². The molecule has 1 aromatic heterocycles. The van der Waals surface area contributed by atoms with Gasteiger partial charge >= 0.3 is 5.97 Å². The number of carboxylic acid groups (broad SMARTS) is 1. The zero-order chi connectivity index (χ0) is 19.1. The van der Waals surface area contributed by atoms with Gasteiger partial charge in [-0.1, -0.05) is 38.6 Å². The fourth-order valence-corrected chi connectivity index (χ4v) is 4.31. The monoisotopic (exact) mass is 352 g/mol. The van der Waals surface area contributed by atoms with Crippen molar-refractivity contribution in [3.8, 4) is 0 Å². The van der Waals surface area contributed by atoms with E-state index in [0.29, 0.717) is 0 Å². The van der Waals surface area contributed by atoms with Crippen LogP contribution in [0.2, 0.25) is 0 Å². The van der Waals surface area contributed by atoms with Crippen molar-refractivity contribution in [2.75, 3.05) is 12.4 Å². The van der Waals surface area contributed by atoms with Gasteiger partial charge < -0.3 is 15.0 Å². The van der Waals surface area contributed by atoms with Crippen LogP contribution in [0.5, 0.6) is 0 Å². The maximum Gasteiger partial charge on any atom is 0.323 e. The first kappa shape index (κ1) is 18.3. The number of carbonyl (C=O) groups is 1. The number of para-hydroxylation sites is 1. The molecule has 0 unspecified atom stereocenters. The molecular weight excluding hydrogens is 324 g/mol. The number of rotatable bonds is 5. The van der Waals surface area contributed by atoms with Gasteiger partial charge in [0, 0.05) is 36.1 Å². The van der Waals surface area contributed by atoms with E-state index in [1.807, 2.05) is 30.7 Å². The number of nitrogens with one attached hydrogen (secondary N) is 1. The van der Waals surface area contributed by atoms with Crippen molar-refractivity contribution in [2.24, 2.45) is 5.41 Å². The largest absolute Gasteiger partial charge is 0.480 e. The molecule has 4 nitrogen and oxygen atoms in total. The molecule has 1 heterocycles. The fraction of sp³-hybridized carbons (Fsp3) is 0.409. The molecule has 0 atom stereocenters. The third kappa shape index (κ3) is 3.28. The molecule has 138 valence electrons. The van der Waals surface area contributed by atoms with Crippen LogP contribution in [0.3, 0.4) is 0 Å². The van der Waals surface area contributed by atoms with E-state index in [2.05, 4.69) is 37.9 Å². The Morgan fingerprint density at radius 2 is 2.00 bits per heavy atom. The number of hydrogen-bond acceptors (Lipinski definition) is 2. The summed E-state index contributed by atoms with van der Waals surface area (Å²) in [5, 5.41) is 12.7. The van der Waals surface area contributed by atoms with E-state index in [4.69, 9.17) is 0 Å². The fourth-order valence-electron chi connectivity index (χ4n) is 4.31. The molecule has 0 fully saturated rings.